The molecule has 12 unspecified atom stereocenters. The Balaban J connectivity index is 1.48. The number of aliphatic hydroxyl groups excluding tert-OH is 8. The van der Waals surface area contributed by atoms with Crippen LogP contribution in [0.1, 0.15) is 251 Å². The summed E-state index contributed by atoms with van der Waals surface area (Å²) in [7, 11) is 0. The lowest BCUT2D eigenvalue weighted by Gasteiger charge is -2.46. The van der Waals surface area contributed by atoms with Gasteiger partial charge in [-0.2, -0.15) is 0 Å². The fraction of sp³-hybridized carbons (Fsp3) is 0.982. The van der Waals surface area contributed by atoms with Gasteiger partial charge >= 0.3 is 0 Å². The molecule has 2 aliphatic rings. The molecule has 2 saturated heterocycles. The highest BCUT2D eigenvalue weighted by molar-refractivity contribution is 5.76. The number of hydrogen-bond donors (Lipinski definition) is 9. The van der Waals surface area contributed by atoms with Gasteiger partial charge in [0.1, 0.15) is 48.8 Å². The van der Waals surface area contributed by atoms with Gasteiger partial charge in [0.05, 0.1) is 32.0 Å². The molecule has 0 aliphatic carbocycles. The van der Waals surface area contributed by atoms with Crippen LogP contribution in [0.2, 0.25) is 0 Å². The third kappa shape index (κ3) is 28.9. The second kappa shape index (κ2) is 42.4. The first-order chi connectivity index (χ1) is 33.6. The molecule has 0 saturated carbocycles. The van der Waals surface area contributed by atoms with Gasteiger partial charge in [0, 0.05) is 6.42 Å². The number of amides is 1. The van der Waals surface area contributed by atoms with E-state index in [9.17, 15) is 45.6 Å². The maximum atomic E-state index is 12.7. The average molecular weight is 990 g/mol. The SMILES string of the molecule is CCCCCCCCCCCCCCCCCCCCCCCCCCCCCCCCCCCC(O)C(COC1OC(CO)C(OC2OC(CO)C(O)C(O)C2O)C(O)C1O)NC(=O)CCCC. The van der Waals surface area contributed by atoms with Crippen LogP contribution in [0.4, 0.5) is 0 Å². The average Bonchev–Trinajstić information content (AvgIpc) is 3.35. The molecular formula is C55H107NO13. The van der Waals surface area contributed by atoms with Crippen molar-refractivity contribution >= 4 is 5.91 Å². The van der Waals surface area contributed by atoms with Crippen LogP contribution in [0.15, 0.2) is 0 Å². The van der Waals surface area contributed by atoms with Gasteiger partial charge in [0.25, 0.3) is 0 Å². The minimum atomic E-state index is -1.78. The van der Waals surface area contributed by atoms with Crippen LogP contribution < -0.4 is 5.32 Å². The third-order valence-corrected chi connectivity index (χ3v) is 14.6. The summed E-state index contributed by atoms with van der Waals surface area (Å²) in [5, 5.41) is 86.2. The van der Waals surface area contributed by atoms with Crippen molar-refractivity contribution in [3.8, 4) is 0 Å². The Labute approximate surface area is 419 Å². The summed E-state index contributed by atoms with van der Waals surface area (Å²) in [5.41, 5.74) is 0. The Hall–Kier alpha value is -1.01. The smallest absolute Gasteiger partial charge is 0.220 e. The van der Waals surface area contributed by atoms with E-state index < -0.39 is 86.8 Å². The van der Waals surface area contributed by atoms with Gasteiger partial charge in [-0.1, -0.05) is 232 Å². The predicted molar refractivity (Wildman–Crippen MR) is 272 cm³/mol. The summed E-state index contributed by atoms with van der Waals surface area (Å²) >= 11 is 0. The van der Waals surface area contributed by atoms with E-state index in [1.807, 2.05) is 6.92 Å². The van der Waals surface area contributed by atoms with E-state index in [0.717, 1.165) is 32.1 Å². The Morgan fingerprint density at radius 1 is 0.464 bits per heavy atom. The summed E-state index contributed by atoms with van der Waals surface area (Å²) < 4.78 is 22.6. The molecule has 0 aromatic carbocycles. The van der Waals surface area contributed by atoms with Gasteiger partial charge in [-0.25, -0.2) is 0 Å². The molecule has 2 fully saturated rings. The van der Waals surface area contributed by atoms with Crippen molar-refractivity contribution in [2.45, 2.75) is 325 Å². The molecule has 0 spiro atoms. The third-order valence-electron chi connectivity index (χ3n) is 14.6. The molecule has 69 heavy (non-hydrogen) atoms. The van der Waals surface area contributed by atoms with Crippen molar-refractivity contribution in [1.29, 1.82) is 0 Å². The second-order valence-corrected chi connectivity index (χ2v) is 20.8. The van der Waals surface area contributed by atoms with Gasteiger partial charge in [-0.15, -0.1) is 0 Å². The molecule has 2 aliphatic heterocycles. The van der Waals surface area contributed by atoms with Gasteiger partial charge in [-0.05, 0) is 12.8 Å². The van der Waals surface area contributed by atoms with Crippen molar-refractivity contribution in [1.82, 2.24) is 5.32 Å². The predicted octanol–water partition coefficient (Wildman–Crippen LogP) is 8.95. The molecule has 0 aromatic rings. The van der Waals surface area contributed by atoms with Crippen molar-refractivity contribution in [2.75, 3.05) is 19.8 Å². The summed E-state index contributed by atoms with van der Waals surface area (Å²) in [5.74, 6) is -0.239. The lowest BCUT2D eigenvalue weighted by molar-refractivity contribution is -0.359. The van der Waals surface area contributed by atoms with Gasteiger partial charge in [0.15, 0.2) is 12.6 Å². The number of rotatable bonds is 46. The van der Waals surface area contributed by atoms with E-state index in [4.69, 9.17) is 18.9 Å². The highest BCUT2D eigenvalue weighted by Crippen LogP contribution is 2.30. The first kappa shape index (κ1) is 64.1. The molecule has 12 atom stereocenters. The van der Waals surface area contributed by atoms with Crippen LogP contribution in [0, 0.1) is 0 Å². The van der Waals surface area contributed by atoms with Gasteiger partial charge in [0.2, 0.25) is 5.91 Å². The summed E-state index contributed by atoms with van der Waals surface area (Å²) in [4.78, 5) is 12.7. The number of ether oxygens (including phenoxy) is 4. The first-order valence-corrected chi connectivity index (χ1v) is 28.8. The molecule has 14 nitrogen and oxygen atoms in total. The lowest BCUT2D eigenvalue weighted by Crippen LogP contribution is -2.65. The zero-order valence-electron chi connectivity index (χ0n) is 43.8. The largest absolute Gasteiger partial charge is 0.394 e. The van der Waals surface area contributed by atoms with E-state index in [1.54, 1.807) is 0 Å². The quantitative estimate of drug-likeness (QED) is 0.0260. The first-order valence-electron chi connectivity index (χ1n) is 28.8. The van der Waals surface area contributed by atoms with Crippen molar-refractivity contribution in [3.05, 3.63) is 0 Å². The maximum Gasteiger partial charge on any atom is 0.220 e. The Kier molecular flexibility index (Phi) is 39.4. The van der Waals surface area contributed by atoms with E-state index in [2.05, 4.69) is 12.2 Å². The molecule has 0 radical (unpaired) electrons. The molecular weight excluding hydrogens is 883 g/mol. The number of aliphatic hydroxyl groups is 8. The van der Waals surface area contributed by atoms with Crippen LogP contribution in [-0.4, -0.2) is 140 Å². The fourth-order valence-electron chi connectivity index (χ4n) is 9.86. The zero-order chi connectivity index (χ0) is 50.3. The Bertz CT molecular complexity index is 1170. The number of carbonyl (C=O) groups is 1. The highest BCUT2D eigenvalue weighted by atomic mass is 16.7. The van der Waals surface area contributed by atoms with Crippen LogP contribution >= 0.6 is 0 Å². The number of hydrogen-bond acceptors (Lipinski definition) is 13. The summed E-state index contributed by atoms with van der Waals surface area (Å²) in [6.45, 7) is 2.63. The zero-order valence-corrected chi connectivity index (χ0v) is 43.8. The lowest BCUT2D eigenvalue weighted by atomic mass is 9.97. The second-order valence-electron chi connectivity index (χ2n) is 20.8. The standard InChI is InChI=1S/C55H107NO13/c1-3-5-7-8-9-10-11-12-13-14-15-16-17-18-19-20-21-22-23-24-25-26-27-28-29-30-31-32-33-34-35-36-37-38-44(59)43(56-47(60)39-6-4-2)42-66-54-52(65)50(63)53(46(41-58)68-54)69-55-51(64)49(62)48(61)45(40-57)67-55/h43-46,48-55,57-59,61-65H,3-42H2,1-2H3,(H,56,60). The molecule has 9 N–H and O–H groups in total. The van der Waals surface area contributed by atoms with Gasteiger partial charge < -0.3 is 65.1 Å². The molecule has 14 heteroatoms. The van der Waals surface area contributed by atoms with Crippen molar-refractivity contribution < 1.29 is 64.6 Å². The van der Waals surface area contributed by atoms with Gasteiger partial charge in [-0.3, -0.25) is 4.79 Å². The Morgan fingerprint density at radius 2 is 0.826 bits per heavy atom. The van der Waals surface area contributed by atoms with E-state index in [0.29, 0.717) is 12.8 Å². The van der Waals surface area contributed by atoms with Crippen LogP contribution in [-0.2, 0) is 23.7 Å². The molecule has 0 bridgehead atoms. The van der Waals surface area contributed by atoms with E-state index in [-0.39, 0.29) is 18.9 Å². The van der Waals surface area contributed by atoms with Crippen LogP contribution in [0.5, 0.6) is 0 Å². The minimum Gasteiger partial charge on any atom is -0.394 e. The molecule has 2 rings (SSSR count). The number of nitrogens with one attached hydrogen (secondary N) is 1. The highest BCUT2D eigenvalue weighted by Gasteiger charge is 2.51. The molecule has 0 aromatic heterocycles. The van der Waals surface area contributed by atoms with Crippen molar-refractivity contribution in [2.24, 2.45) is 0 Å². The normalized spacial score (nSPS) is 26.1. The van der Waals surface area contributed by atoms with Crippen LogP contribution in [0.25, 0.3) is 0 Å². The Morgan fingerprint density at radius 3 is 1.22 bits per heavy atom. The molecule has 1 amide bonds. The minimum absolute atomic E-state index is 0.239. The monoisotopic (exact) mass is 990 g/mol. The number of unbranched alkanes of at least 4 members (excludes halogenated alkanes) is 33. The topological polar surface area (TPSA) is 228 Å². The van der Waals surface area contributed by atoms with Crippen LogP contribution in [0.3, 0.4) is 0 Å². The fourth-order valence-corrected chi connectivity index (χ4v) is 9.86. The number of carbonyl (C=O) groups excluding carboxylic acids is 1. The van der Waals surface area contributed by atoms with E-state index >= 15 is 0 Å². The molecule has 2 heterocycles. The summed E-state index contributed by atoms with van der Waals surface area (Å²) in [6, 6.07) is -0.818. The summed E-state index contributed by atoms with van der Waals surface area (Å²) in [6.07, 6.45) is 30.1. The van der Waals surface area contributed by atoms with E-state index in [1.165, 1.54) is 186 Å². The van der Waals surface area contributed by atoms with Crippen molar-refractivity contribution in [3.63, 3.8) is 0 Å². The molecule has 410 valence electrons. The maximum absolute atomic E-state index is 12.7.